The number of carbonyl (C=O) groups is 1. The standard InChI is InChI=1S/C19H28N2O4S/c1-5-21(6-2)26(23,24)18-10-7-17(8-11-18)9-12-19(22)20-13-15(3)25-16(4)14-20/h7-12,15-16H,5-6,13-14H2,1-4H3/b12-9+. The van der Waals surface area contributed by atoms with Crippen LogP contribution in [0.2, 0.25) is 0 Å². The molecule has 0 aliphatic carbocycles. The molecular formula is C19H28N2O4S. The molecule has 0 radical (unpaired) electrons. The van der Waals surface area contributed by atoms with Crippen molar-refractivity contribution in [2.24, 2.45) is 0 Å². The maximum Gasteiger partial charge on any atom is 0.246 e. The predicted molar refractivity (Wildman–Crippen MR) is 102 cm³/mol. The van der Waals surface area contributed by atoms with Crippen LogP contribution in [0.4, 0.5) is 0 Å². The Hall–Kier alpha value is -1.70. The number of rotatable bonds is 6. The number of nitrogens with zero attached hydrogens (tertiary/aromatic N) is 2. The number of benzene rings is 1. The number of sulfonamides is 1. The van der Waals surface area contributed by atoms with Gasteiger partial charge in [0.15, 0.2) is 0 Å². The van der Waals surface area contributed by atoms with Crippen molar-refractivity contribution in [2.75, 3.05) is 26.2 Å². The van der Waals surface area contributed by atoms with E-state index in [1.54, 1.807) is 35.2 Å². The summed E-state index contributed by atoms with van der Waals surface area (Å²) in [5.74, 6) is -0.0631. The number of ether oxygens (including phenoxy) is 1. The van der Waals surface area contributed by atoms with Gasteiger partial charge in [-0.3, -0.25) is 4.79 Å². The van der Waals surface area contributed by atoms with E-state index in [1.807, 2.05) is 27.7 Å². The van der Waals surface area contributed by atoms with E-state index in [4.69, 9.17) is 4.74 Å². The minimum atomic E-state index is -3.46. The number of hydrogen-bond donors (Lipinski definition) is 0. The lowest BCUT2D eigenvalue weighted by Crippen LogP contribution is -2.47. The quantitative estimate of drug-likeness (QED) is 0.711. The second-order valence-electron chi connectivity index (χ2n) is 6.49. The fourth-order valence-electron chi connectivity index (χ4n) is 3.09. The molecular weight excluding hydrogens is 352 g/mol. The first-order valence-electron chi connectivity index (χ1n) is 9.00. The molecule has 0 bridgehead atoms. The summed E-state index contributed by atoms with van der Waals surface area (Å²) in [4.78, 5) is 14.4. The lowest BCUT2D eigenvalue weighted by atomic mass is 10.2. The van der Waals surface area contributed by atoms with Crippen molar-refractivity contribution < 1.29 is 17.9 Å². The van der Waals surface area contributed by atoms with Crippen molar-refractivity contribution in [1.29, 1.82) is 0 Å². The van der Waals surface area contributed by atoms with Gasteiger partial charge in [-0.05, 0) is 37.6 Å². The molecule has 0 saturated carbocycles. The predicted octanol–water partition coefficient (Wildman–Crippen LogP) is 2.37. The van der Waals surface area contributed by atoms with Gasteiger partial charge in [0.1, 0.15) is 0 Å². The smallest absolute Gasteiger partial charge is 0.246 e. The molecule has 1 aromatic carbocycles. The molecule has 6 nitrogen and oxygen atoms in total. The molecule has 1 aromatic rings. The average Bonchev–Trinajstić information content (AvgIpc) is 2.60. The summed E-state index contributed by atoms with van der Waals surface area (Å²) in [6.45, 7) is 9.57. The molecule has 144 valence electrons. The van der Waals surface area contributed by atoms with Crippen LogP contribution in [0.5, 0.6) is 0 Å². The summed E-state index contributed by atoms with van der Waals surface area (Å²) in [7, 11) is -3.46. The molecule has 0 N–H and O–H groups in total. The average molecular weight is 381 g/mol. The Labute approximate surface area is 156 Å². The first-order valence-corrected chi connectivity index (χ1v) is 10.4. The van der Waals surface area contributed by atoms with Crippen LogP contribution in [0.15, 0.2) is 35.2 Å². The third-order valence-electron chi connectivity index (χ3n) is 4.37. The highest BCUT2D eigenvalue weighted by Gasteiger charge is 2.24. The van der Waals surface area contributed by atoms with Crippen LogP contribution in [-0.2, 0) is 19.6 Å². The number of hydrogen-bond acceptors (Lipinski definition) is 4. The Morgan fingerprint density at radius 3 is 2.19 bits per heavy atom. The fraction of sp³-hybridized carbons (Fsp3) is 0.526. The maximum absolute atomic E-state index is 12.5. The van der Waals surface area contributed by atoms with Crippen molar-refractivity contribution in [3.8, 4) is 0 Å². The van der Waals surface area contributed by atoms with Gasteiger partial charge in [-0.1, -0.05) is 26.0 Å². The van der Waals surface area contributed by atoms with Crippen molar-refractivity contribution >= 4 is 22.0 Å². The second-order valence-corrected chi connectivity index (χ2v) is 8.43. The van der Waals surface area contributed by atoms with E-state index in [9.17, 15) is 13.2 Å². The highest BCUT2D eigenvalue weighted by molar-refractivity contribution is 7.89. The summed E-state index contributed by atoms with van der Waals surface area (Å²) in [5.41, 5.74) is 0.784. The van der Waals surface area contributed by atoms with Crippen LogP contribution >= 0.6 is 0 Å². The molecule has 2 rings (SSSR count). The minimum Gasteiger partial charge on any atom is -0.372 e. The lowest BCUT2D eigenvalue weighted by molar-refractivity contribution is -0.137. The van der Waals surface area contributed by atoms with E-state index < -0.39 is 10.0 Å². The highest BCUT2D eigenvalue weighted by Crippen LogP contribution is 2.17. The Kier molecular flexibility index (Phi) is 6.97. The molecule has 1 fully saturated rings. The minimum absolute atomic E-state index is 0.0284. The van der Waals surface area contributed by atoms with E-state index in [0.29, 0.717) is 26.2 Å². The van der Waals surface area contributed by atoms with Crippen molar-refractivity contribution in [3.05, 3.63) is 35.9 Å². The van der Waals surface area contributed by atoms with E-state index in [-0.39, 0.29) is 23.0 Å². The highest BCUT2D eigenvalue weighted by atomic mass is 32.2. The molecule has 0 spiro atoms. The van der Waals surface area contributed by atoms with Gasteiger partial charge in [0.05, 0.1) is 17.1 Å². The van der Waals surface area contributed by atoms with Gasteiger partial charge in [0.25, 0.3) is 0 Å². The Balaban J connectivity index is 2.07. The zero-order chi connectivity index (χ0) is 19.3. The molecule has 1 aliphatic heterocycles. The molecule has 26 heavy (non-hydrogen) atoms. The Morgan fingerprint density at radius 2 is 1.69 bits per heavy atom. The van der Waals surface area contributed by atoms with Crippen LogP contribution in [0.25, 0.3) is 6.08 Å². The summed E-state index contributed by atoms with van der Waals surface area (Å²) in [5, 5.41) is 0. The zero-order valence-electron chi connectivity index (χ0n) is 15.9. The third-order valence-corrected chi connectivity index (χ3v) is 6.44. The Bertz CT molecular complexity index is 729. The van der Waals surface area contributed by atoms with E-state index in [2.05, 4.69) is 0 Å². The van der Waals surface area contributed by atoms with Crippen molar-refractivity contribution in [2.45, 2.75) is 44.8 Å². The van der Waals surface area contributed by atoms with Gasteiger partial charge in [0, 0.05) is 32.3 Å². The normalized spacial score (nSPS) is 21.5. The number of carbonyl (C=O) groups excluding carboxylic acids is 1. The largest absolute Gasteiger partial charge is 0.372 e. The van der Waals surface area contributed by atoms with Gasteiger partial charge >= 0.3 is 0 Å². The van der Waals surface area contributed by atoms with Crippen molar-refractivity contribution in [1.82, 2.24) is 9.21 Å². The van der Waals surface area contributed by atoms with Crippen LogP contribution < -0.4 is 0 Å². The van der Waals surface area contributed by atoms with E-state index in [0.717, 1.165) is 5.56 Å². The first-order chi connectivity index (χ1) is 12.3. The summed E-state index contributed by atoms with van der Waals surface area (Å²) in [6.07, 6.45) is 3.29. The van der Waals surface area contributed by atoms with Gasteiger partial charge in [-0.2, -0.15) is 4.31 Å². The Morgan fingerprint density at radius 1 is 1.15 bits per heavy atom. The molecule has 0 aromatic heterocycles. The van der Waals surface area contributed by atoms with Crippen LogP contribution in [0.1, 0.15) is 33.3 Å². The van der Waals surface area contributed by atoms with Crippen LogP contribution in [-0.4, -0.2) is 61.9 Å². The van der Waals surface area contributed by atoms with E-state index >= 15 is 0 Å². The third kappa shape index (κ3) is 4.93. The zero-order valence-corrected chi connectivity index (χ0v) is 16.7. The molecule has 1 amide bonds. The lowest BCUT2D eigenvalue weighted by Gasteiger charge is -2.34. The number of morpholine rings is 1. The van der Waals surface area contributed by atoms with Gasteiger partial charge in [-0.25, -0.2) is 8.42 Å². The van der Waals surface area contributed by atoms with Gasteiger partial charge < -0.3 is 9.64 Å². The molecule has 2 atom stereocenters. The summed E-state index contributed by atoms with van der Waals surface area (Å²) >= 11 is 0. The monoisotopic (exact) mass is 380 g/mol. The summed E-state index contributed by atoms with van der Waals surface area (Å²) in [6, 6.07) is 6.59. The molecule has 1 heterocycles. The topological polar surface area (TPSA) is 66.9 Å². The molecule has 7 heteroatoms. The van der Waals surface area contributed by atoms with Crippen LogP contribution in [0, 0.1) is 0 Å². The molecule has 1 aliphatic rings. The molecule has 2 unspecified atom stereocenters. The molecule has 1 saturated heterocycles. The van der Waals surface area contributed by atoms with E-state index in [1.165, 1.54) is 10.4 Å². The summed E-state index contributed by atoms with van der Waals surface area (Å²) < 4.78 is 32.0. The second kappa shape index (κ2) is 8.79. The number of amides is 1. The maximum atomic E-state index is 12.5. The van der Waals surface area contributed by atoms with Gasteiger partial charge in [-0.15, -0.1) is 0 Å². The van der Waals surface area contributed by atoms with Crippen LogP contribution in [0.3, 0.4) is 0 Å². The van der Waals surface area contributed by atoms with Gasteiger partial charge in [0.2, 0.25) is 15.9 Å². The SMILES string of the molecule is CCN(CC)S(=O)(=O)c1ccc(/C=C/C(=O)N2CC(C)OC(C)C2)cc1. The first kappa shape index (κ1) is 20.6. The fourth-order valence-corrected chi connectivity index (χ4v) is 4.55. The van der Waals surface area contributed by atoms with Crippen molar-refractivity contribution in [3.63, 3.8) is 0 Å².